The molecule has 1 atom stereocenters. The van der Waals surface area contributed by atoms with Gasteiger partial charge in [0.25, 0.3) is 0 Å². The van der Waals surface area contributed by atoms with Crippen molar-refractivity contribution in [3.05, 3.63) is 0 Å². The first kappa shape index (κ1) is 14.5. The highest BCUT2D eigenvalue weighted by Crippen LogP contribution is 2.17. The molecule has 1 aliphatic heterocycles. The largest absolute Gasteiger partial charge is 0.481 e. The fraction of sp³-hybridized carbons (Fsp3) is 0.750. The number of carbonyl (C=O) groups excluding carboxylic acids is 2. The van der Waals surface area contributed by atoms with Crippen LogP contribution in [-0.4, -0.2) is 46.9 Å². The molecule has 0 spiro atoms. The molecule has 6 heteroatoms. The molecule has 102 valence electrons. The monoisotopic (exact) mass is 256 g/mol. The van der Waals surface area contributed by atoms with E-state index in [4.69, 9.17) is 5.11 Å². The predicted molar refractivity (Wildman–Crippen MR) is 64.8 cm³/mol. The van der Waals surface area contributed by atoms with Gasteiger partial charge in [-0.1, -0.05) is 0 Å². The van der Waals surface area contributed by atoms with Gasteiger partial charge in [-0.05, 0) is 19.8 Å². The minimum Gasteiger partial charge on any atom is -0.481 e. The van der Waals surface area contributed by atoms with Gasteiger partial charge in [-0.3, -0.25) is 14.4 Å². The molecule has 1 unspecified atom stereocenters. The number of carbonyl (C=O) groups is 3. The lowest BCUT2D eigenvalue weighted by Gasteiger charge is -2.31. The molecule has 1 heterocycles. The van der Waals surface area contributed by atoms with E-state index in [1.54, 1.807) is 11.8 Å². The first-order valence-electron chi connectivity index (χ1n) is 6.18. The fourth-order valence-electron chi connectivity index (χ4n) is 2.13. The van der Waals surface area contributed by atoms with E-state index in [2.05, 4.69) is 5.32 Å². The standard InChI is InChI=1S/C12H20N2O4/c1-8(7-11(16)17)13-12(18)10-3-5-14(6-4-10)9(2)15/h8,10H,3-7H2,1-2H3,(H,13,18)(H,16,17). The molecule has 0 aromatic carbocycles. The molecular weight excluding hydrogens is 236 g/mol. The lowest BCUT2D eigenvalue weighted by atomic mass is 9.95. The second kappa shape index (κ2) is 6.37. The number of nitrogens with zero attached hydrogens (tertiary/aromatic N) is 1. The number of likely N-dealkylation sites (tertiary alicyclic amines) is 1. The van der Waals surface area contributed by atoms with Crippen LogP contribution in [0.3, 0.4) is 0 Å². The number of hydrogen-bond acceptors (Lipinski definition) is 3. The van der Waals surface area contributed by atoms with Gasteiger partial charge in [0, 0.05) is 32.0 Å². The molecule has 2 N–H and O–H groups in total. The molecule has 18 heavy (non-hydrogen) atoms. The van der Waals surface area contributed by atoms with E-state index in [1.165, 1.54) is 6.92 Å². The van der Waals surface area contributed by atoms with Crippen molar-refractivity contribution in [3.8, 4) is 0 Å². The average Bonchev–Trinajstić information content (AvgIpc) is 2.27. The summed E-state index contributed by atoms with van der Waals surface area (Å²) in [6.07, 6.45) is 1.22. The topological polar surface area (TPSA) is 86.7 Å². The number of aliphatic carboxylic acids is 1. The summed E-state index contributed by atoms with van der Waals surface area (Å²) in [4.78, 5) is 35.2. The van der Waals surface area contributed by atoms with Gasteiger partial charge in [0.1, 0.15) is 0 Å². The van der Waals surface area contributed by atoms with E-state index < -0.39 is 5.97 Å². The molecule has 1 aliphatic rings. The number of amides is 2. The maximum absolute atomic E-state index is 11.9. The molecule has 1 rings (SSSR count). The Labute approximate surface area is 106 Å². The van der Waals surface area contributed by atoms with Crippen LogP contribution in [0.4, 0.5) is 0 Å². The third-order valence-electron chi connectivity index (χ3n) is 3.18. The Hall–Kier alpha value is -1.59. The van der Waals surface area contributed by atoms with Gasteiger partial charge < -0.3 is 15.3 Å². The Balaban J connectivity index is 2.36. The van der Waals surface area contributed by atoms with Gasteiger partial charge >= 0.3 is 5.97 Å². The van der Waals surface area contributed by atoms with E-state index in [9.17, 15) is 14.4 Å². The quantitative estimate of drug-likeness (QED) is 0.753. The number of hydrogen-bond donors (Lipinski definition) is 2. The molecule has 0 aromatic heterocycles. The zero-order chi connectivity index (χ0) is 13.7. The number of nitrogens with one attached hydrogen (secondary N) is 1. The van der Waals surface area contributed by atoms with Crippen molar-refractivity contribution in [1.29, 1.82) is 0 Å². The second-order valence-electron chi connectivity index (χ2n) is 4.79. The van der Waals surface area contributed by atoms with Gasteiger partial charge in [0.2, 0.25) is 11.8 Å². The molecule has 0 aliphatic carbocycles. The zero-order valence-corrected chi connectivity index (χ0v) is 10.8. The summed E-state index contributed by atoms with van der Waals surface area (Å²) in [5, 5.41) is 11.3. The van der Waals surface area contributed by atoms with Crippen molar-refractivity contribution < 1.29 is 19.5 Å². The van der Waals surface area contributed by atoms with Gasteiger partial charge in [-0.2, -0.15) is 0 Å². The molecule has 0 bridgehead atoms. The highest BCUT2D eigenvalue weighted by atomic mass is 16.4. The Morgan fingerprint density at radius 2 is 1.89 bits per heavy atom. The van der Waals surface area contributed by atoms with Gasteiger partial charge in [-0.25, -0.2) is 0 Å². The van der Waals surface area contributed by atoms with Gasteiger partial charge in [-0.15, -0.1) is 0 Å². The van der Waals surface area contributed by atoms with Crippen LogP contribution in [0.15, 0.2) is 0 Å². The number of carboxylic acids is 1. The molecule has 1 saturated heterocycles. The van der Waals surface area contributed by atoms with E-state index >= 15 is 0 Å². The lowest BCUT2D eigenvalue weighted by Crippen LogP contribution is -2.44. The molecular formula is C12H20N2O4. The van der Waals surface area contributed by atoms with Crippen LogP contribution in [0, 0.1) is 5.92 Å². The second-order valence-corrected chi connectivity index (χ2v) is 4.79. The highest BCUT2D eigenvalue weighted by molar-refractivity contribution is 5.80. The summed E-state index contributed by atoms with van der Waals surface area (Å²) in [6.45, 7) is 4.40. The van der Waals surface area contributed by atoms with Crippen LogP contribution in [0.1, 0.15) is 33.1 Å². The smallest absolute Gasteiger partial charge is 0.305 e. The average molecular weight is 256 g/mol. The van der Waals surface area contributed by atoms with Crippen LogP contribution in [-0.2, 0) is 14.4 Å². The van der Waals surface area contributed by atoms with E-state index in [0.29, 0.717) is 25.9 Å². The van der Waals surface area contributed by atoms with E-state index in [1.807, 2.05) is 0 Å². The first-order valence-corrected chi connectivity index (χ1v) is 6.18. The molecule has 1 fully saturated rings. The minimum atomic E-state index is -0.922. The van der Waals surface area contributed by atoms with Crippen molar-refractivity contribution in [2.75, 3.05) is 13.1 Å². The van der Waals surface area contributed by atoms with Crippen LogP contribution in [0.5, 0.6) is 0 Å². The third kappa shape index (κ3) is 4.35. The molecule has 0 aromatic rings. The van der Waals surface area contributed by atoms with Crippen LogP contribution >= 0.6 is 0 Å². The Kier molecular flexibility index (Phi) is 5.12. The van der Waals surface area contributed by atoms with Crippen molar-refractivity contribution >= 4 is 17.8 Å². The van der Waals surface area contributed by atoms with Crippen molar-refractivity contribution in [1.82, 2.24) is 10.2 Å². The van der Waals surface area contributed by atoms with E-state index in [0.717, 1.165) is 0 Å². The zero-order valence-electron chi connectivity index (χ0n) is 10.8. The molecule has 2 amide bonds. The molecule has 6 nitrogen and oxygen atoms in total. The summed E-state index contributed by atoms with van der Waals surface area (Å²) >= 11 is 0. The van der Waals surface area contributed by atoms with E-state index in [-0.39, 0.29) is 30.2 Å². The minimum absolute atomic E-state index is 0.0353. The third-order valence-corrected chi connectivity index (χ3v) is 3.18. The van der Waals surface area contributed by atoms with Crippen molar-refractivity contribution in [2.45, 2.75) is 39.2 Å². The summed E-state index contributed by atoms with van der Waals surface area (Å²) in [6, 6.07) is -0.360. The summed E-state index contributed by atoms with van der Waals surface area (Å²) in [5.41, 5.74) is 0. The lowest BCUT2D eigenvalue weighted by molar-refractivity contribution is -0.138. The van der Waals surface area contributed by atoms with Crippen molar-refractivity contribution in [2.24, 2.45) is 5.92 Å². The highest BCUT2D eigenvalue weighted by Gasteiger charge is 2.26. The fourth-order valence-corrected chi connectivity index (χ4v) is 2.13. The SMILES string of the molecule is CC(=O)N1CCC(C(=O)NC(C)CC(=O)O)CC1. The summed E-state index contributed by atoms with van der Waals surface area (Å²) < 4.78 is 0. The predicted octanol–water partition coefficient (Wildman–Crippen LogP) is 0.224. The maximum atomic E-state index is 11.9. The normalized spacial score (nSPS) is 18.2. The maximum Gasteiger partial charge on any atom is 0.305 e. The number of rotatable bonds is 4. The molecule has 0 saturated carbocycles. The van der Waals surface area contributed by atoms with Crippen LogP contribution in [0.2, 0.25) is 0 Å². The Morgan fingerprint density at radius 1 is 1.33 bits per heavy atom. The summed E-state index contributed by atoms with van der Waals surface area (Å²) in [5.74, 6) is -1.11. The van der Waals surface area contributed by atoms with Crippen LogP contribution in [0.25, 0.3) is 0 Å². The van der Waals surface area contributed by atoms with Crippen LogP contribution < -0.4 is 5.32 Å². The first-order chi connectivity index (χ1) is 8.40. The number of piperidine rings is 1. The number of carboxylic acid groups (broad SMARTS) is 1. The van der Waals surface area contributed by atoms with Crippen molar-refractivity contribution in [3.63, 3.8) is 0 Å². The molecule has 0 radical (unpaired) electrons. The summed E-state index contributed by atoms with van der Waals surface area (Å²) in [7, 11) is 0. The van der Waals surface area contributed by atoms with Gasteiger partial charge in [0.05, 0.1) is 6.42 Å². The van der Waals surface area contributed by atoms with Gasteiger partial charge in [0.15, 0.2) is 0 Å². The Morgan fingerprint density at radius 3 is 2.33 bits per heavy atom. The Bertz CT molecular complexity index is 335.